The van der Waals surface area contributed by atoms with Crippen LogP contribution in [0.4, 0.5) is 22.4 Å². The maximum Gasteiger partial charge on any atom is 0.412 e. The SMILES string of the molecule is CN(C)c1nc(N)nc(COC(=O)c2ccc(NC(=O)OC(C)(C)C)cc2)n1. The van der Waals surface area contributed by atoms with Crippen LogP contribution in [0, 0.1) is 0 Å². The number of benzene rings is 1. The van der Waals surface area contributed by atoms with E-state index in [0.29, 0.717) is 17.2 Å². The molecule has 0 aliphatic rings. The molecule has 0 unspecified atom stereocenters. The largest absolute Gasteiger partial charge is 0.454 e. The zero-order valence-electron chi connectivity index (χ0n) is 16.5. The van der Waals surface area contributed by atoms with E-state index in [1.807, 2.05) is 0 Å². The van der Waals surface area contributed by atoms with Crippen molar-refractivity contribution >= 4 is 29.6 Å². The minimum Gasteiger partial charge on any atom is -0.454 e. The molecule has 0 bridgehead atoms. The van der Waals surface area contributed by atoms with E-state index in [4.69, 9.17) is 15.2 Å². The summed E-state index contributed by atoms with van der Waals surface area (Å²) in [5, 5.41) is 2.59. The third kappa shape index (κ3) is 6.38. The van der Waals surface area contributed by atoms with Gasteiger partial charge in [0.15, 0.2) is 12.4 Å². The van der Waals surface area contributed by atoms with Crippen LogP contribution in [0.25, 0.3) is 0 Å². The number of rotatable bonds is 5. The third-order valence-corrected chi connectivity index (χ3v) is 3.19. The summed E-state index contributed by atoms with van der Waals surface area (Å²) in [5.41, 5.74) is 5.84. The van der Waals surface area contributed by atoms with E-state index < -0.39 is 17.7 Å². The zero-order valence-corrected chi connectivity index (χ0v) is 16.5. The molecule has 1 heterocycles. The Bertz CT molecular complexity index is 846. The molecule has 0 radical (unpaired) electrons. The van der Waals surface area contributed by atoms with Crippen LogP contribution in [-0.2, 0) is 16.1 Å². The van der Waals surface area contributed by atoms with E-state index in [1.165, 1.54) is 12.1 Å². The lowest BCUT2D eigenvalue weighted by Crippen LogP contribution is -2.27. The molecule has 28 heavy (non-hydrogen) atoms. The number of anilines is 3. The number of nitrogens with one attached hydrogen (secondary N) is 1. The van der Waals surface area contributed by atoms with Crippen molar-refractivity contribution in [2.75, 3.05) is 30.0 Å². The van der Waals surface area contributed by atoms with Crippen molar-refractivity contribution in [1.82, 2.24) is 15.0 Å². The number of amides is 1. The lowest BCUT2D eigenvalue weighted by molar-refractivity contribution is 0.0462. The Kier molecular flexibility index (Phi) is 6.34. The lowest BCUT2D eigenvalue weighted by Gasteiger charge is -2.19. The highest BCUT2D eigenvalue weighted by Gasteiger charge is 2.16. The molecule has 10 heteroatoms. The maximum atomic E-state index is 12.2. The molecular formula is C18H24N6O4. The van der Waals surface area contributed by atoms with E-state index in [9.17, 15) is 9.59 Å². The van der Waals surface area contributed by atoms with Gasteiger partial charge >= 0.3 is 12.1 Å². The van der Waals surface area contributed by atoms with Crippen LogP contribution in [0.3, 0.4) is 0 Å². The first-order chi connectivity index (χ1) is 13.0. The van der Waals surface area contributed by atoms with Crippen molar-refractivity contribution < 1.29 is 19.1 Å². The van der Waals surface area contributed by atoms with E-state index in [0.717, 1.165) is 0 Å². The molecular weight excluding hydrogens is 364 g/mol. The molecule has 1 aromatic heterocycles. The van der Waals surface area contributed by atoms with E-state index >= 15 is 0 Å². The summed E-state index contributed by atoms with van der Waals surface area (Å²) < 4.78 is 10.4. The standard InChI is InChI=1S/C18H24N6O4/c1-18(2,3)28-17(26)20-12-8-6-11(7-9-12)14(25)27-10-13-21-15(19)23-16(22-13)24(4)5/h6-9H,10H2,1-5H3,(H,20,26)(H2,19,21,22,23). The van der Waals surface area contributed by atoms with Crippen molar-refractivity contribution in [3.8, 4) is 0 Å². The predicted molar refractivity (Wildman–Crippen MR) is 104 cm³/mol. The van der Waals surface area contributed by atoms with Gasteiger partial charge in [-0.3, -0.25) is 5.32 Å². The smallest absolute Gasteiger partial charge is 0.412 e. The van der Waals surface area contributed by atoms with Crippen molar-refractivity contribution in [1.29, 1.82) is 0 Å². The molecule has 2 aromatic rings. The van der Waals surface area contributed by atoms with Crippen molar-refractivity contribution in [3.05, 3.63) is 35.7 Å². The summed E-state index contributed by atoms with van der Waals surface area (Å²) in [6, 6.07) is 6.21. The van der Waals surface area contributed by atoms with Gasteiger partial charge in [-0.15, -0.1) is 0 Å². The predicted octanol–water partition coefficient (Wildman–Crippen LogP) is 2.22. The molecule has 0 aliphatic heterocycles. The van der Waals surface area contributed by atoms with Crippen molar-refractivity contribution in [2.24, 2.45) is 0 Å². The van der Waals surface area contributed by atoms with Gasteiger partial charge in [0.25, 0.3) is 0 Å². The zero-order chi connectivity index (χ0) is 20.9. The second kappa shape index (κ2) is 8.51. The van der Waals surface area contributed by atoms with Gasteiger partial charge < -0.3 is 20.1 Å². The average molecular weight is 388 g/mol. The fraction of sp³-hybridized carbons (Fsp3) is 0.389. The second-order valence-corrected chi connectivity index (χ2v) is 7.08. The Morgan fingerprint density at radius 2 is 1.75 bits per heavy atom. The number of nitrogen functional groups attached to an aromatic ring is 1. The first-order valence-electron chi connectivity index (χ1n) is 8.48. The number of carbonyl (C=O) groups excluding carboxylic acids is 2. The van der Waals surface area contributed by atoms with Crippen LogP contribution in [0.2, 0.25) is 0 Å². The van der Waals surface area contributed by atoms with E-state index in [1.54, 1.807) is 51.9 Å². The van der Waals surface area contributed by atoms with Crippen molar-refractivity contribution in [3.63, 3.8) is 0 Å². The van der Waals surface area contributed by atoms with Crippen LogP contribution >= 0.6 is 0 Å². The average Bonchev–Trinajstić information content (AvgIpc) is 2.58. The fourth-order valence-corrected chi connectivity index (χ4v) is 2.01. The van der Waals surface area contributed by atoms with Crippen LogP contribution in [-0.4, -0.2) is 46.7 Å². The number of nitrogens with zero attached hydrogens (tertiary/aromatic N) is 4. The topological polar surface area (TPSA) is 133 Å². The minimum atomic E-state index is -0.599. The molecule has 150 valence electrons. The molecule has 0 atom stereocenters. The van der Waals surface area contributed by atoms with Gasteiger partial charge in [-0.25, -0.2) is 9.59 Å². The van der Waals surface area contributed by atoms with Crippen LogP contribution in [0.1, 0.15) is 37.0 Å². The van der Waals surface area contributed by atoms with Gasteiger partial charge in [0, 0.05) is 19.8 Å². The summed E-state index contributed by atoms with van der Waals surface area (Å²) in [6.07, 6.45) is -0.577. The van der Waals surface area contributed by atoms with Gasteiger partial charge in [-0.05, 0) is 45.0 Å². The summed E-state index contributed by atoms with van der Waals surface area (Å²) in [7, 11) is 3.52. The molecule has 0 saturated carbocycles. The number of carbonyl (C=O) groups is 2. The third-order valence-electron chi connectivity index (χ3n) is 3.19. The molecule has 0 fully saturated rings. The Hall–Kier alpha value is -3.43. The first-order valence-corrected chi connectivity index (χ1v) is 8.48. The number of ether oxygens (including phenoxy) is 2. The molecule has 0 aliphatic carbocycles. The summed E-state index contributed by atoms with van der Waals surface area (Å²) in [5.74, 6) is 0.0976. The number of esters is 1. The molecule has 1 amide bonds. The minimum absolute atomic E-state index is 0.0438. The summed E-state index contributed by atoms with van der Waals surface area (Å²) >= 11 is 0. The van der Waals surface area contributed by atoms with Gasteiger partial charge in [0.2, 0.25) is 11.9 Å². The van der Waals surface area contributed by atoms with Gasteiger partial charge in [-0.2, -0.15) is 15.0 Å². The molecule has 3 N–H and O–H groups in total. The highest BCUT2D eigenvalue weighted by molar-refractivity contribution is 5.91. The van der Waals surface area contributed by atoms with Crippen LogP contribution in [0.15, 0.2) is 24.3 Å². The Morgan fingerprint density at radius 1 is 1.11 bits per heavy atom. The van der Waals surface area contributed by atoms with Gasteiger partial charge in [0.1, 0.15) is 5.60 Å². The number of nitrogens with two attached hydrogens (primary N) is 1. The van der Waals surface area contributed by atoms with Crippen LogP contribution < -0.4 is 16.0 Å². The fourth-order valence-electron chi connectivity index (χ4n) is 2.01. The number of aromatic nitrogens is 3. The summed E-state index contributed by atoms with van der Waals surface area (Å²) in [6.45, 7) is 5.16. The Morgan fingerprint density at radius 3 is 2.32 bits per heavy atom. The first kappa shape index (κ1) is 20.9. The monoisotopic (exact) mass is 388 g/mol. The lowest BCUT2D eigenvalue weighted by atomic mass is 10.2. The normalized spacial score (nSPS) is 10.9. The summed E-state index contributed by atoms with van der Waals surface area (Å²) in [4.78, 5) is 37.7. The highest BCUT2D eigenvalue weighted by Crippen LogP contribution is 2.14. The van der Waals surface area contributed by atoms with E-state index in [2.05, 4.69) is 20.3 Å². The molecule has 0 spiro atoms. The van der Waals surface area contributed by atoms with Crippen LogP contribution in [0.5, 0.6) is 0 Å². The van der Waals surface area contributed by atoms with E-state index in [-0.39, 0.29) is 18.4 Å². The molecule has 0 saturated heterocycles. The molecule has 1 aromatic carbocycles. The van der Waals surface area contributed by atoms with Gasteiger partial charge in [-0.1, -0.05) is 0 Å². The molecule has 10 nitrogen and oxygen atoms in total. The van der Waals surface area contributed by atoms with Gasteiger partial charge in [0.05, 0.1) is 5.56 Å². The maximum absolute atomic E-state index is 12.2. The Balaban J connectivity index is 1.95. The highest BCUT2D eigenvalue weighted by atomic mass is 16.6. The number of hydrogen-bond acceptors (Lipinski definition) is 9. The number of hydrogen-bond donors (Lipinski definition) is 2. The second-order valence-electron chi connectivity index (χ2n) is 7.08. The van der Waals surface area contributed by atoms with Crippen molar-refractivity contribution in [2.45, 2.75) is 33.0 Å². The molecule has 2 rings (SSSR count). The Labute approximate surface area is 163 Å². The quantitative estimate of drug-likeness (QED) is 0.740.